The maximum Gasteiger partial charge on any atom is 0.416 e. The van der Waals surface area contributed by atoms with Crippen molar-refractivity contribution in [1.29, 1.82) is 0 Å². The molecule has 1 aromatic carbocycles. The Hall–Kier alpha value is -2.42. The van der Waals surface area contributed by atoms with E-state index in [-0.39, 0.29) is 17.7 Å². The molecule has 0 atom stereocenters. The van der Waals surface area contributed by atoms with Crippen LogP contribution in [-0.2, 0) is 17.5 Å². The lowest BCUT2D eigenvalue weighted by Gasteiger charge is -2.13. The maximum absolute atomic E-state index is 13.0. The van der Waals surface area contributed by atoms with Gasteiger partial charge in [0.15, 0.2) is 4.77 Å². The van der Waals surface area contributed by atoms with Gasteiger partial charge in [-0.05, 0) is 43.3 Å². The molecule has 0 aliphatic heterocycles. The van der Waals surface area contributed by atoms with Crippen molar-refractivity contribution < 1.29 is 18.0 Å². The molecule has 0 saturated carbocycles. The van der Waals surface area contributed by atoms with Crippen LogP contribution in [0.4, 0.5) is 13.2 Å². The maximum atomic E-state index is 13.0. The van der Waals surface area contributed by atoms with Gasteiger partial charge in [0.1, 0.15) is 5.82 Å². The zero-order valence-electron chi connectivity index (χ0n) is 13.6. The minimum atomic E-state index is -4.47. The molecule has 1 aromatic heterocycles. The number of hydrogen-bond donors (Lipinski definition) is 2. The number of aromatic amines is 1. The summed E-state index contributed by atoms with van der Waals surface area (Å²) in [7, 11) is 0. The van der Waals surface area contributed by atoms with Gasteiger partial charge in [-0.2, -0.15) is 18.3 Å². The molecular weight excluding hydrogens is 353 g/mol. The summed E-state index contributed by atoms with van der Waals surface area (Å²) < 4.78 is 41.3. The van der Waals surface area contributed by atoms with E-state index >= 15 is 0 Å². The molecule has 2 N–H and O–H groups in total. The third-order valence-corrected chi connectivity index (χ3v) is 3.90. The fourth-order valence-electron chi connectivity index (χ4n) is 2.35. The number of benzene rings is 1. The summed E-state index contributed by atoms with van der Waals surface area (Å²) in [5.41, 5.74) is -0.545. The summed E-state index contributed by atoms with van der Waals surface area (Å²) in [5.74, 6) is 0.215. The Morgan fingerprint density at radius 3 is 2.68 bits per heavy atom. The van der Waals surface area contributed by atoms with E-state index in [1.165, 1.54) is 25.1 Å². The molecule has 0 unspecified atom stereocenters. The first kappa shape index (κ1) is 18.9. The van der Waals surface area contributed by atoms with Gasteiger partial charge in [-0.3, -0.25) is 9.89 Å². The van der Waals surface area contributed by atoms with E-state index < -0.39 is 17.6 Å². The Bertz CT molecular complexity index is 852. The van der Waals surface area contributed by atoms with Gasteiger partial charge in [0.25, 0.3) is 0 Å². The number of nitrogens with one attached hydrogen (secondary N) is 2. The number of rotatable bonds is 5. The second-order valence-corrected chi connectivity index (χ2v) is 5.78. The third kappa shape index (κ3) is 4.79. The SMILES string of the molecule is CC(=CC(=O)NCCn1c(C)n[nH]c1=S)c1ccccc1C(F)(F)F. The average Bonchev–Trinajstić information content (AvgIpc) is 2.86. The normalized spacial score (nSPS) is 12.3. The zero-order chi connectivity index (χ0) is 18.6. The van der Waals surface area contributed by atoms with Crippen molar-refractivity contribution in [2.24, 2.45) is 0 Å². The van der Waals surface area contributed by atoms with Gasteiger partial charge in [-0.15, -0.1) is 0 Å². The molecule has 2 rings (SSSR count). The van der Waals surface area contributed by atoms with Crippen molar-refractivity contribution in [3.05, 3.63) is 52.1 Å². The Balaban J connectivity index is 2.05. The molecule has 2 aromatic rings. The van der Waals surface area contributed by atoms with E-state index in [1.807, 2.05) is 0 Å². The Kier molecular flexibility index (Phi) is 5.78. The molecule has 0 fully saturated rings. The van der Waals surface area contributed by atoms with Gasteiger partial charge >= 0.3 is 6.18 Å². The highest BCUT2D eigenvalue weighted by molar-refractivity contribution is 7.71. The number of halogens is 3. The lowest BCUT2D eigenvalue weighted by molar-refractivity contribution is -0.137. The van der Waals surface area contributed by atoms with E-state index in [9.17, 15) is 18.0 Å². The van der Waals surface area contributed by atoms with Crippen molar-refractivity contribution in [2.75, 3.05) is 6.54 Å². The predicted molar refractivity (Wildman–Crippen MR) is 90.3 cm³/mol. The number of nitrogens with zero attached hydrogens (tertiary/aromatic N) is 2. The number of amides is 1. The lowest BCUT2D eigenvalue weighted by Crippen LogP contribution is -2.26. The highest BCUT2D eigenvalue weighted by Gasteiger charge is 2.33. The Labute approximate surface area is 147 Å². The summed E-state index contributed by atoms with van der Waals surface area (Å²) in [6.07, 6.45) is -3.32. The summed E-state index contributed by atoms with van der Waals surface area (Å²) in [4.78, 5) is 12.0. The molecule has 9 heteroatoms. The smallest absolute Gasteiger partial charge is 0.351 e. The predicted octanol–water partition coefficient (Wildman–Crippen LogP) is 3.49. The quantitative estimate of drug-likeness (QED) is 0.626. The molecule has 25 heavy (non-hydrogen) atoms. The van der Waals surface area contributed by atoms with E-state index in [0.717, 1.165) is 12.1 Å². The summed E-state index contributed by atoms with van der Waals surface area (Å²) >= 11 is 5.05. The number of aryl methyl sites for hydroxylation is 1. The van der Waals surface area contributed by atoms with Crippen LogP contribution in [0.1, 0.15) is 23.9 Å². The molecule has 0 radical (unpaired) electrons. The van der Waals surface area contributed by atoms with Crippen LogP contribution in [0.5, 0.6) is 0 Å². The van der Waals surface area contributed by atoms with E-state index in [1.54, 1.807) is 11.5 Å². The first-order valence-corrected chi connectivity index (χ1v) is 7.85. The van der Waals surface area contributed by atoms with Crippen LogP contribution in [0, 0.1) is 11.7 Å². The number of H-pyrrole nitrogens is 1. The number of carbonyl (C=O) groups is 1. The van der Waals surface area contributed by atoms with Gasteiger partial charge in [0, 0.05) is 19.2 Å². The van der Waals surface area contributed by atoms with E-state index in [2.05, 4.69) is 15.5 Å². The number of alkyl halides is 3. The summed E-state index contributed by atoms with van der Waals surface area (Å²) in [5, 5.41) is 9.21. The van der Waals surface area contributed by atoms with Gasteiger partial charge in [-0.1, -0.05) is 18.2 Å². The van der Waals surface area contributed by atoms with Gasteiger partial charge in [0.05, 0.1) is 5.56 Å². The molecule has 0 spiro atoms. The van der Waals surface area contributed by atoms with Crippen molar-refractivity contribution in [3.63, 3.8) is 0 Å². The molecule has 0 bridgehead atoms. The van der Waals surface area contributed by atoms with Crippen LogP contribution in [0.3, 0.4) is 0 Å². The number of hydrogen-bond acceptors (Lipinski definition) is 3. The van der Waals surface area contributed by atoms with E-state index in [4.69, 9.17) is 12.2 Å². The highest BCUT2D eigenvalue weighted by Crippen LogP contribution is 2.34. The van der Waals surface area contributed by atoms with Gasteiger partial charge in [0.2, 0.25) is 5.91 Å². The third-order valence-electron chi connectivity index (χ3n) is 3.59. The second-order valence-electron chi connectivity index (χ2n) is 5.39. The highest BCUT2D eigenvalue weighted by atomic mass is 32.1. The largest absolute Gasteiger partial charge is 0.416 e. The number of aromatic nitrogens is 3. The fraction of sp³-hybridized carbons (Fsp3) is 0.312. The van der Waals surface area contributed by atoms with Crippen molar-refractivity contribution in [2.45, 2.75) is 26.6 Å². The monoisotopic (exact) mass is 370 g/mol. The summed E-state index contributed by atoms with van der Waals surface area (Å²) in [6, 6.07) is 5.16. The number of carbonyl (C=O) groups excluding carboxylic acids is 1. The van der Waals surface area contributed by atoms with Gasteiger partial charge < -0.3 is 9.88 Å². The molecule has 134 valence electrons. The minimum Gasteiger partial charge on any atom is -0.351 e. The second kappa shape index (κ2) is 7.64. The average molecular weight is 370 g/mol. The van der Waals surface area contributed by atoms with E-state index in [0.29, 0.717) is 17.1 Å². The zero-order valence-corrected chi connectivity index (χ0v) is 14.5. The fourth-order valence-corrected chi connectivity index (χ4v) is 2.62. The van der Waals surface area contributed by atoms with Crippen molar-refractivity contribution in [3.8, 4) is 0 Å². The molecule has 1 amide bonds. The molecule has 0 aliphatic carbocycles. The standard InChI is InChI=1S/C16H17F3N4OS/c1-10(12-5-3-4-6-13(12)16(17,18)19)9-14(24)20-7-8-23-11(2)21-22-15(23)25/h3-6,9H,7-8H2,1-2H3,(H,20,24)(H,22,25). The van der Waals surface area contributed by atoms with Crippen LogP contribution in [0.25, 0.3) is 5.57 Å². The minimum absolute atomic E-state index is 0.0157. The van der Waals surface area contributed by atoms with Crippen LogP contribution >= 0.6 is 12.2 Å². The van der Waals surface area contributed by atoms with Crippen molar-refractivity contribution in [1.82, 2.24) is 20.1 Å². The molecule has 1 heterocycles. The molecule has 0 aliphatic rings. The van der Waals surface area contributed by atoms with Gasteiger partial charge in [-0.25, -0.2) is 0 Å². The summed E-state index contributed by atoms with van der Waals surface area (Å²) in [6.45, 7) is 3.93. The molecular formula is C16H17F3N4OS. The van der Waals surface area contributed by atoms with Crippen LogP contribution in [-0.4, -0.2) is 27.2 Å². The first-order valence-electron chi connectivity index (χ1n) is 7.44. The molecule has 0 saturated heterocycles. The lowest BCUT2D eigenvalue weighted by atomic mass is 10.00. The Morgan fingerprint density at radius 2 is 2.08 bits per heavy atom. The van der Waals surface area contributed by atoms with Crippen molar-refractivity contribution >= 4 is 23.7 Å². The Morgan fingerprint density at radius 1 is 1.40 bits per heavy atom. The topological polar surface area (TPSA) is 62.7 Å². The number of allylic oxidation sites excluding steroid dienone is 1. The van der Waals surface area contributed by atoms with Crippen LogP contribution < -0.4 is 5.32 Å². The van der Waals surface area contributed by atoms with Crippen LogP contribution in [0.15, 0.2) is 30.3 Å². The first-order chi connectivity index (χ1) is 11.7. The van der Waals surface area contributed by atoms with Crippen LogP contribution in [0.2, 0.25) is 0 Å². The molecule has 5 nitrogen and oxygen atoms in total.